The Balaban J connectivity index is 1.81. The van der Waals surface area contributed by atoms with E-state index in [9.17, 15) is 22.0 Å². The number of anilines is 1. The van der Waals surface area contributed by atoms with Gasteiger partial charge in [-0.3, -0.25) is 4.72 Å². The van der Waals surface area contributed by atoms with Gasteiger partial charge < -0.3 is 20.1 Å². The van der Waals surface area contributed by atoms with E-state index in [-0.39, 0.29) is 18.0 Å². The lowest BCUT2D eigenvalue weighted by molar-refractivity contribution is -0.0512. The zero-order chi connectivity index (χ0) is 22.1. The number of halogens is 2. The summed E-state index contributed by atoms with van der Waals surface area (Å²) < 4.78 is 59.0. The van der Waals surface area contributed by atoms with E-state index in [1.807, 2.05) is 0 Å². The predicted octanol–water partition coefficient (Wildman–Crippen LogP) is 2.71. The van der Waals surface area contributed by atoms with E-state index in [1.165, 1.54) is 13.2 Å². The molecule has 2 aromatic rings. The van der Waals surface area contributed by atoms with Gasteiger partial charge in [-0.15, -0.1) is 0 Å². The quantitative estimate of drug-likeness (QED) is 0.524. The van der Waals surface area contributed by atoms with E-state index in [2.05, 4.69) is 20.1 Å². The van der Waals surface area contributed by atoms with Crippen LogP contribution >= 0.6 is 0 Å². The lowest BCUT2D eigenvalue weighted by atomic mass is 10.1. The van der Waals surface area contributed by atoms with Crippen LogP contribution in [0.25, 0.3) is 0 Å². The number of carbonyl (C=O) groups is 1. The Bertz CT molecular complexity index is 970. The molecule has 2 amide bonds. The molecule has 0 aliphatic carbocycles. The number of urea groups is 1. The largest absolute Gasteiger partial charge is 0.493 e. The van der Waals surface area contributed by atoms with Crippen LogP contribution in [0.15, 0.2) is 42.5 Å². The number of sulfonamides is 1. The summed E-state index contributed by atoms with van der Waals surface area (Å²) in [7, 11) is -2.03. The normalized spacial score (nSPS) is 11.1. The fraction of sp³-hybridized carbons (Fsp3) is 0.316. The average Bonchev–Trinajstić information content (AvgIpc) is 2.66. The van der Waals surface area contributed by atoms with E-state index < -0.39 is 22.7 Å². The summed E-state index contributed by atoms with van der Waals surface area (Å²) in [6.07, 6.45) is 1.51. The highest BCUT2D eigenvalue weighted by Crippen LogP contribution is 2.29. The molecule has 3 N–H and O–H groups in total. The fourth-order valence-electron chi connectivity index (χ4n) is 2.58. The molecule has 0 saturated heterocycles. The lowest BCUT2D eigenvalue weighted by Crippen LogP contribution is -2.36. The van der Waals surface area contributed by atoms with Gasteiger partial charge in [-0.05, 0) is 41.8 Å². The van der Waals surface area contributed by atoms with Crippen molar-refractivity contribution in [2.24, 2.45) is 0 Å². The average molecular weight is 443 g/mol. The summed E-state index contributed by atoms with van der Waals surface area (Å²) >= 11 is 0. The zero-order valence-electron chi connectivity index (χ0n) is 16.4. The summed E-state index contributed by atoms with van der Waals surface area (Å²) in [4.78, 5) is 12.0. The van der Waals surface area contributed by atoms with Crippen molar-refractivity contribution < 1.29 is 31.5 Å². The first kappa shape index (κ1) is 23.2. The molecule has 2 aromatic carbocycles. The van der Waals surface area contributed by atoms with Crippen molar-refractivity contribution in [3.63, 3.8) is 0 Å². The maximum absolute atomic E-state index is 12.4. The Morgan fingerprint density at radius 1 is 1.07 bits per heavy atom. The molecule has 0 aliphatic rings. The molecular formula is C19H23F2N3O5S. The maximum atomic E-state index is 12.4. The number of ether oxygens (including phenoxy) is 2. The first-order valence-electron chi connectivity index (χ1n) is 8.86. The Morgan fingerprint density at radius 2 is 1.83 bits per heavy atom. The number of hydrogen-bond acceptors (Lipinski definition) is 5. The number of carbonyl (C=O) groups excluding carboxylic acids is 1. The topological polar surface area (TPSA) is 106 Å². The van der Waals surface area contributed by atoms with Crippen molar-refractivity contribution in [2.75, 3.05) is 24.6 Å². The third-order valence-corrected chi connectivity index (χ3v) is 4.43. The summed E-state index contributed by atoms with van der Waals surface area (Å²) in [5.41, 5.74) is 1.90. The number of nitrogens with one attached hydrogen (secondary N) is 3. The van der Waals surface area contributed by atoms with Gasteiger partial charge in [0, 0.05) is 18.8 Å². The molecule has 0 spiro atoms. The number of rotatable bonds is 10. The Hall–Kier alpha value is -3.08. The summed E-state index contributed by atoms with van der Waals surface area (Å²) in [5.74, 6) is 0.120. The Kier molecular flexibility index (Phi) is 8.22. The molecule has 0 heterocycles. The second-order valence-electron chi connectivity index (χ2n) is 6.30. The van der Waals surface area contributed by atoms with Crippen molar-refractivity contribution in [2.45, 2.75) is 19.6 Å². The highest BCUT2D eigenvalue weighted by molar-refractivity contribution is 7.92. The maximum Gasteiger partial charge on any atom is 0.387 e. The third kappa shape index (κ3) is 8.11. The first-order chi connectivity index (χ1) is 14.2. The van der Waals surface area contributed by atoms with Gasteiger partial charge in [0.25, 0.3) is 0 Å². The van der Waals surface area contributed by atoms with Crippen LogP contribution in [0.3, 0.4) is 0 Å². The minimum Gasteiger partial charge on any atom is -0.493 e. The predicted molar refractivity (Wildman–Crippen MR) is 108 cm³/mol. The van der Waals surface area contributed by atoms with Crippen LogP contribution in [0.1, 0.15) is 11.1 Å². The van der Waals surface area contributed by atoms with Gasteiger partial charge in [0.2, 0.25) is 10.0 Å². The smallest absolute Gasteiger partial charge is 0.387 e. The molecule has 30 heavy (non-hydrogen) atoms. The van der Waals surface area contributed by atoms with Gasteiger partial charge in [-0.1, -0.05) is 18.2 Å². The summed E-state index contributed by atoms with van der Waals surface area (Å²) in [5, 5.41) is 5.36. The first-order valence-corrected chi connectivity index (χ1v) is 10.8. The molecular weight excluding hydrogens is 420 g/mol. The van der Waals surface area contributed by atoms with E-state index in [0.717, 1.165) is 17.4 Å². The number of alkyl halides is 2. The molecule has 8 nitrogen and oxygen atoms in total. The molecule has 2 rings (SSSR count). The van der Waals surface area contributed by atoms with Crippen LogP contribution in [0.5, 0.6) is 11.5 Å². The van der Waals surface area contributed by atoms with Gasteiger partial charge in [0.1, 0.15) is 0 Å². The number of methoxy groups -OCH3 is 1. The molecule has 0 radical (unpaired) electrons. The van der Waals surface area contributed by atoms with Gasteiger partial charge in [0.05, 0.1) is 13.4 Å². The molecule has 0 saturated carbocycles. The third-order valence-electron chi connectivity index (χ3n) is 3.83. The van der Waals surface area contributed by atoms with Crippen LogP contribution in [-0.2, 0) is 23.0 Å². The van der Waals surface area contributed by atoms with Crippen LogP contribution < -0.4 is 24.8 Å². The zero-order valence-corrected chi connectivity index (χ0v) is 17.3. The Labute approximate surface area is 173 Å². The van der Waals surface area contributed by atoms with Crippen molar-refractivity contribution in [3.8, 4) is 11.5 Å². The second kappa shape index (κ2) is 10.6. The SMILES string of the molecule is COc1cc(CCNC(=O)NCc2cccc(NS(C)(=O)=O)c2)ccc1OC(F)F. The van der Waals surface area contributed by atoms with Crippen LogP contribution in [0, 0.1) is 0 Å². The summed E-state index contributed by atoms with van der Waals surface area (Å²) in [6, 6.07) is 10.8. The van der Waals surface area contributed by atoms with Crippen molar-refractivity contribution in [3.05, 3.63) is 53.6 Å². The van der Waals surface area contributed by atoms with Crippen molar-refractivity contribution in [1.29, 1.82) is 0 Å². The fourth-order valence-corrected chi connectivity index (χ4v) is 3.14. The molecule has 0 fully saturated rings. The summed E-state index contributed by atoms with van der Waals surface area (Å²) in [6.45, 7) is -2.43. The molecule has 11 heteroatoms. The molecule has 0 atom stereocenters. The van der Waals surface area contributed by atoms with E-state index in [1.54, 1.807) is 36.4 Å². The van der Waals surface area contributed by atoms with Crippen LogP contribution in [0.4, 0.5) is 19.3 Å². The van der Waals surface area contributed by atoms with Gasteiger partial charge in [0.15, 0.2) is 11.5 Å². The minimum atomic E-state index is -3.38. The number of amides is 2. The van der Waals surface area contributed by atoms with Crippen LogP contribution in [0.2, 0.25) is 0 Å². The molecule has 0 aliphatic heterocycles. The lowest BCUT2D eigenvalue weighted by Gasteiger charge is -2.12. The molecule has 0 bridgehead atoms. The van der Waals surface area contributed by atoms with E-state index in [0.29, 0.717) is 18.7 Å². The molecule has 0 aromatic heterocycles. The number of benzene rings is 2. The highest BCUT2D eigenvalue weighted by atomic mass is 32.2. The molecule has 164 valence electrons. The van der Waals surface area contributed by atoms with Gasteiger partial charge >= 0.3 is 12.6 Å². The second-order valence-corrected chi connectivity index (χ2v) is 8.05. The van der Waals surface area contributed by atoms with Crippen molar-refractivity contribution in [1.82, 2.24) is 10.6 Å². The van der Waals surface area contributed by atoms with Crippen molar-refractivity contribution >= 4 is 21.7 Å². The number of hydrogen-bond donors (Lipinski definition) is 3. The van der Waals surface area contributed by atoms with Gasteiger partial charge in [-0.25, -0.2) is 13.2 Å². The van der Waals surface area contributed by atoms with E-state index >= 15 is 0 Å². The highest BCUT2D eigenvalue weighted by Gasteiger charge is 2.11. The minimum absolute atomic E-state index is 0.0606. The van der Waals surface area contributed by atoms with Gasteiger partial charge in [-0.2, -0.15) is 8.78 Å². The molecule has 0 unspecified atom stereocenters. The Morgan fingerprint density at radius 3 is 2.50 bits per heavy atom. The standard InChI is InChI=1S/C19H23F2N3O5S/c1-28-17-11-13(6-7-16(17)29-18(20)21)8-9-22-19(25)23-12-14-4-3-5-15(10-14)24-30(2,26)27/h3-7,10-11,18,24H,8-9,12H2,1-2H3,(H2,22,23,25). The van der Waals surface area contributed by atoms with E-state index in [4.69, 9.17) is 4.74 Å². The monoisotopic (exact) mass is 443 g/mol. The van der Waals surface area contributed by atoms with Crippen LogP contribution in [-0.4, -0.2) is 41.0 Å².